The topological polar surface area (TPSA) is 71.7 Å². The number of anilines is 1. The fourth-order valence-electron chi connectivity index (χ4n) is 7.30. The first-order valence-corrected chi connectivity index (χ1v) is 15.1. The molecular formula is C36H34N4O3. The lowest BCUT2D eigenvalue weighted by molar-refractivity contribution is 0.0989. The first-order chi connectivity index (χ1) is 20.9. The van der Waals surface area contributed by atoms with Gasteiger partial charge in [-0.2, -0.15) is 0 Å². The Morgan fingerprint density at radius 3 is 2.37 bits per heavy atom. The highest BCUT2D eigenvalue weighted by Gasteiger charge is 2.44. The van der Waals surface area contributed by atoms with Gasteiger partial charge in [0.2, 0.25) is 11.8 Å². The van der Waals surface area contributed by atoms with Gasteiger partial charge in [-0.1, -0.05) is 36.4 Å². The lowest BCUT2D eigenvalue weighted by Crippen LogP contribution is -2.42. The molecule has 5 aromatic rings. The maximum Gasteiger partial charge on any atom is 0.258 e. The highest BCUT2D eigenvalue weighted by molar-refractivity contribution is 6.09. The van der Waals surface area contributed by atoms with Gasteiger partial charge in [0.1, 0.15) is 5.75 Å². The van der Waals surface area contributed by atoms with E-state index in [0.717, 1.165) is 83.4 Å². The summed E-state index contributed by atoms with van der Waals surface area (Å²) in [7, 11) is 2.19. The Morgan fingerprint density at radius 2 is 1.63 bits per heavy atom. The van der Waals surface area contributed by atoms with Crippen molar-refractivity contribution in [3.05, 3.63) is 94.9 Å². The molecule has 1 aromatic heterocycles. The van der Waals surface area contributed by atoms with E-state index >= 15 is 0 Å². The van der Waals surface area contributed by atoms with E-state index in [4.69, 9.17) is 9.15 Å². The second-order valence-corrected chi connectivity index (χ2v) is 12.4. The first kappa shape index (κ1) is 26.2. The third-order valence-electron chi connectivity index (χ3n) is 9.78. The number of hydrogen-bond acceptors (Lipinski definition) is 6. The fourth-order valence-corrected chi connectivity index (χ4v) is 7.30. The minimum Gasteiger partial charge on any atom is -0.492 e. The number of likely N-dealkylation sites (tertiary alicyclic amines) is 1. The van der Waals surface area contributed by atoms with Crippen molar-refractivity contribution in [3.63, 3.8) is 0 Å². The lowest BCUT2D eigenvalue weighted by Gasteiger charge is -2.37. The number of piperidine rings is 1. The molecule has 0 aliphatic carbocycles. The van der Waals surface area contributed by atoms with Crippen molar-refractivity contribution >= 4 is 22.4 Å². The van der Waals surface area contributed by atoms with E-state index in [2.05, 4.69) is 71.5 Å². The number of carbonyl (C=O) groups excluding carboxylic acids is 1. The number of carbonyl (C=O) groups is 1. The van der Waals surface area contributed by atoms with Crippen molar-refractivity contribution in [3.8, 4) is 28.3 Å². The summed E-state index contributed by atoms with van der Waals surface area (Å²) in [6.45, 7) is 7.47. The quantitative estimate of drug-likeness (QED) is 0.240. The minimum atomic E-state index is 0.0525. The third-order valence-corrected chi connectivity index (χ3v) is 9.78. The van der Waals surface area contributed by atoms with Crippen molar-refractivity contribution in [1.82, 2.24) is 15.1 Å². The van der Waals surface area contributed by atoms with Gasteiger partial charge < -0.3 is 19.0 Å². The molecule has 8 rings (SSSR count). The molecule has 0 unspecified atom stereocenters. The molecule has 1 amide bonds. The van der Waals surface area contributed by atoms with Crippen molar-refractivity contribution in [2.45, 2.75) is 38.5 Å². The standard InChI is InChI=1S/C36H34N4O3/c1-22-18-25(10-11-26(22)27-6-4-8-29-28(27)7-5-9-30(29)34-38-37-23(2)43-34)35(41)40-15-12-24-19-33-31(20-32(24)40)36(21-42-33)13-16-39(3)17-14-36/h4-11,18-20H,12-17,21H2,1-3H3. The maximum atomic E-state index is 14.0. The molecule has 1 spiro atoms. The van der Waals surface area contributed by atoms with Gasteiger partial charge in [0, 0.05) is 41.3 Å². The summed E-state index contributed by atoms with van der Waals surface area (Å²) >= 11 is 0. The van der Waals surface area contributed by atoms with Gasteiger partial charge in [0.25, 0.3) is 5.91 Å². The van der Waals surface area contributed by atoms with E-state index in [1.165, 1.54) is 11.1 Å². The van der Waals surface area contributed by atoms with Crippen LogP contribution in [0.3, 0.4) is 0 Å². The van der Waals surface area contributed by atoms with E-state index in [1.54, 1.807) is 6.92 Å². The van der Waals surface area contributed by atoms with Gasteiger partial charge in [-0.25, -0.2) is 0 Å². The van der Waals surface area contributed by atoms with Crippen LogP contribution in [0.5, 0.6) is 5.75 Å². The Labute approximate surface area is 251 Å². The fraction of sp³-hybridized carbons (Fsp3) is 0.306. The smallest absolute Gasteiger partial charge is 0.258 e. The van der Waals surface area contributed by atoms with Crippen LogP contribution in [0.1, 0.15) is 45.8 Å². The molecule has 4 heterocycles. The van der Waals surface area contributed by atoms with E-state index in [9.17, 15) is 4.79 Å². The second-order valence-electron chi connectivity index (χ2n) is 12.4. The molecule has 0 saturated carbocycles. The molecule has 0 N–H and O–H groups in total. The SMILES string of the molecule is Cc1nnc(-c2cccc3c(-c4ccc(C(=O)N5CCc6cc7c(cc65)C5(CCN(C)CC5)CO7)cc4C)cccc23)o1. The number of amides is 1. The summed E-state index contributed by atoms with van der Waals surface area (Å²) in [6, 6.07) is 23.0. The zero-order chi connectivity index (χ0) is 29.3. The zero-order valence-corrected chi connectivity index (χ0v) is 24.8. The van der Waals surface area contributed by atoms with Gasteiger partial charge >= 0.3 is 0 Å². The van der Waals surface area contributed by atoms with Gasteiger partial charge in [-0.15, -0.1) is 10.2 Å². The molecular weight excluding hydrogens is 536 g/mol. The van der Waals surface area contributed by atoms with Crippen LogP contribution < -0.4 is 9.64 Å². The minimum absolute atomic E-state index is 0.0525. The van der Waals surface area contributed by atoms with E-state index in [0.29, 0.717) is 23.9 Å². The van der Waals surface area contributed by atoms with Gasteiger partial charge in [-0.05, 0) is 110 Å². The summed E-state index contributed by atoms with van der Waals surface area (Å²) in [4.78, 5) is 18.4. The molecule has 3 aliphatic rings. The Bertz CT molecular complexity index is 1920. The molecule has 216 valence electrons. The third kappa shape index (κ3) is 4.17. The van der Waals surface area contributed by atoms with Crippen LogP contribution >= 0.6 is 0 Å². The second kappa shape index (κ2) is 9.78. The predicted molar refractivity (Wildman–Crippen MR) is 168 cm³/mol. The lowest BCUT2D eigenvalue weighted by atomic mass is 9.74. The first-order valence-electron chi connectivity index (χ1n) is 15.1. The number of ether oxygens (including phenoxy) is 1. The monoisotopic (exact) mass is 570 g/mol. The molecule has 0 atom stereocenters. The van der Waals surface area contributed by atoms with Gasteiger partial charge in [0.05, 0.1) is 6.61 Å². The predicted octanol–water partition coefficient (Wildman–Crippen LogP) is 6.73. The summed E-state index contributed by atoms with van der Waals surface area (Å²) < 4.78 is 12.0. The van der Waals surface area contributed by atoms with Crippen LogP contribution in [0, 0.1) is 13.8 Å². The maximum absolute atomic E-state index is 14.0. The summed E-state index contributed by atoms with van der Waals surface area (Å²) in [5.74, 6) is 2.13. The van der Waals surface area contributed by atoms with Crippen LogP contribution in [0.15, 0.2) is 71.1 Å². The van der Waals surface area contributed by atoms with Crippen LogP contribution in [-0.2, 0) is 11.8 Å². The number of benzene rings is 4. The summed E-state index contributed by atoms with van der Waals surface area (Å²) in [5, 5.41) is 10.4. The van der Waals surface area contributed by atoms with E-state index < -0.39 is 0 Å². The van der Waals surface area contributed by atoms with Crippen molar-refractivity contribution in [1.29, 1.82) is 0 Å². The van der Waals surface area contributed by atoms with E-state index in [-0.39, 0.29) is 11.3 Å². The summed E-state index contributed by atoms with van der Waals surface area (Å²) in [6.07, 6.45) is 3.03. The average molecular weight is 571 g/mol. The van der Waals surface area contributed by atoms with Crippen LogP contribution in [0.2, 0.25) is 0 Å². The normalized spacial score (nSPS) is 17.3. The zero-order valence-electron chi connectivity index (χ0n) is 24.8. The molecule has 7 nitrogen and oxygen atoms in total. The van der Waals surface area contributed by atoms with Gasteiger partial charge in [0.15, 0.2) is 0 Å². The Hall–Kier alpha value is -4.49. The van der Waals surface area contributed by atoms with Crippen molar-refractivity contribution in [2.75, 3.05) is 38.2 Å². The molecule has 1 fully saturated rings. The number of rotatable bonds is 3. The molecule has 4 aromatic carbocycles. The molecule has 0 radical (unpaired) electrons. The Balaban J connectivity index is 1.12. The molecule has 3 aliphatic heterocycles. The van der Waals surface area contributed by atoms with Crippen LogP contribution in [0.25, 0.3) is 33.4 Å². The highest BCUT2D eigenvalue weighted by Crippen LogP contribution is 2.49. The molecule has 0 bridgehead atoms. The largest absolute Gasteiger partial charge is 0.492 e. The number of aryl methyl sites for hydroxylation is 2. The van der Waals surface area contributed by atoms with Crippen molar-refractivity contribution < 1.29 is 13.9 Å². The molecule has 43 heavy (non-hydrogen) atoms. The van der Waals surface area contributed by atoms with E-state index in [1.807, 2.05) is 29.2 Å². The highest BCUT2D eigenvalue weighted by atomic mass is 16.5. The Kier molecular flexibility index (Phi) is 5.95. The molecule has 1 saturated heterocycles. The van der Waals surface area contributed by atoms with Crippen molar-refractivity contribution in [2.24, 2.45) is 0 Å². The summed E-state index contributed by atoms with van der Waals surface area (Å²) in [5.41, 5.74) is 8.49. The van der Waals surface area contributed by atoms with Crippen LogP contribution in [0.4, 0.5) is 5.69 Å². The van der Waals surface area contributed by atoms with Crippen LogP contribution in [-0.4, -0.2) is 54.3 Å². The average Bonchev–Trinajstić information content (AvgIpc) is 3.74. The number of hydrogen-bond donors (Lipinski definition) is 0. The number of nitrogens with zero attached hydrogens (tertiary/aromatic N) is 4. The number of aromatic nitrogens is 2. The number of fused-ring (bicyclic) bond motifs is 4. The van der Waals surface area contributed by atoms with Gasteiger partial charge in [-0.3, -0.25) is 4.79 Å². The molecule has 7 heteroatoms. The Morgan fingerprint density at radius 1 is 0.860 bits per heavy atom.